The molecule has 1 aromatic rings. The highest BCUT2D eigenvalue weighted by atomic mass is 32.2. The number of carboxylic acids is 1. The molecule has 15 heteroatoms. The quantitative estimate of drug-likeness (QED) is 0.123. The molecule has 2 atom stereocenters. The lowest BCUT2D eigenvalue weighted by Gasteiger charge is -2.13. The van der Waals surface area contributed by atoms with Crippen molar-refractivity contribution >= 4 is 29.5 Å². The molecule has 2 amide bonds. The Bertz CT molecular complexity index is 889. The topological polar surface area (TPSA) is 178 Å². The van der Waals surface area contributed by atoms with Crippen molar-refractivity contribution in [1.82, 2.24) is 19.9 Å². The molecule has 0 bridgehead atoms. The number of carbonyl (C=O) groups is 3. The summed E-state index contributed by atoms with van der Waals surface area (Å²) in [6, 6.07) is -1.09. The minimum atomic E-state index is -1.15. The second kappa shape index (κ2) is 19.9. The molecule has 1 aromatic heterocycles. The highest BCUT2D eigenvalue weighted by Gasteiger charge is 2.39. The van der Waals surface area contributed by atoms with Gasteiger partial charge in [0.05, 0.1) is 84.0 Å². The molecule has 0 aliphatic carbocycles. The van der Waals surface area contributed by atoms with Crippen LogP contribution in [-0.4, -0.2) is 126 Å². The van der Waals surface area contributed by atoms with Crippen LogP contribution in [0.1, 0.15) is 32.4 Å². The molecule has 1 aliphatic rings. The van der Waals surface area contributed by atoms with E-state index in [4.69, 9.17) is 34.5 Å². The zero-order chi connectivity index (χ0) is 29.2. The number of amides is 2. The SMILES string of the molecule is CC(C)CCOCCOCCOCCOCCOCCn1cc(CN2C(=O)CC(SCC(N)C(=O)O)C2=O)nn1. The number of carboxylic acid groups (broad SMARTS) is 1. The fraction of sp³-hybridized carbons (Fsp3) is 0.800. The summed E-state index contributed by atoms with van der Waals surface area (Å²) in [5.74, 6) is -1.16. The van der Waals surface area contributed by atoms with E-state index in [9.17, 15) is 14.4 Å². The van der Waals surface area contributed by atoms with Crippen LogP contribution in [0.25, 0.3) is 0 Å². The molecule has 0 aromatic carbocycles. The third-order valence-electron chi connectivity index (χ3n) is 5.70. The van der Waals surface area contributed by atoms with Gasteiger partial charge < -0.3 is 34.5 Å². The molecule has 40 heavy (non-hydrogen) atoms. The van der Waals surface area contributed by atoms with E-state index >= 15 is 0 Å². The summed E-state index contributed by atoms with van der Waals surface area (Å²) in [7, 11) is 0. The number of hydrogen-bond donors (Lipinski definition) is 2. The maximum atomic E-state index is 12.6. The molecule has 0 saturated carbocycles. The van der Waals surface area contributed by atoms with Crippen LogP contribution in [0, 0.1) is 5.92 Å². The lowest BCUT2D eigenvalue weighted by Crippen LogP contribution is -2.34. The third-order valence-corrected chi connectivity index (χ3v) is 7.02. The first kappa shape index (κ1) is 34.1. The average molecular weight is 590 g/mol. The van der Waals surface area contributed by atoms with E-state index < -0.39 is 17.3 Å². The number of carbonyl (C=O) groups excluding carboxylic acids is 2. The van der Waals surface area contributed by atoms with E-state index in [-0.39, 0.29) is 30.5 Å². The fourth-order valence-corrected chi connectivity index (χ4v) is 4.49. The smallest absolute Gasteiger partial charge is 0.321 e. The van der Waals surface area contributed by atoms with Crippen LogP contribution < -0.4 is 5.73 Å². The van der Waals surface area contributed by atoms with E-state index in [1.54, 1.807) is 10.9 Å². The molecule has 14 nitrogen and oxygen atoms in total. The zero-order valence-electron chi connectivity index (χ0n) is 23.4. The van der Waals surface area contributed by atoms with E-state index in [1.165, 1.54) is 0 Å². The predicted molar refractivity (Wildman–Crippen MR) is 146 cm³/mol. The standard InChI is InChI=1S/C25H43N5O9S/c1-19(2)3-5-35-7-9-37-11-13-39-14-12-38-10-8-36-6-4-29-16-20(27-28-29)17-30-23(31)15-22(24(30)32)40-18-21(26)25(33)34/h16,19,21-22H,3-15,17-18,26H2,1-2H3,(H,33,34). The fourth-order valence-electron chi connectivity index (χ4n) is 3.38. The summed E-state index contributed by atoms with van der Waals surface area (Å²) >= 11 is 1.08. The first-order valence-electron chi connectivity index (χ1n) is 13.5. The number of likely N-dealkylation sites (tertiary alicyclic amines) is 1. The van der Waals surface area contributed by atoms with Gasteiger partial charge in [0.25, 0.3) is 0 Å². The van der Waals surface area contributed by atoms with Crippen molar-refractivity contribution in [2.24, 2.45) is 11.7 Å². The molecule has 3 N–H and O–H groups in total. The van der Waals surface area contributed by atoms with Gasteiger partial charge in [-0.25, -0.2) is 4.68 Å². The average Bonchev–Trinajstić information content (AvgIpc) is 3.47. The highest BCUT2D eigenvalue weighted by molar-refractivity contribution is 8.00. The molecule has 228 valence electrons. The lowest BCUT2D eigenvalue weighted by atomic mass is 10.1. The Morgan fingerprint density at radius 3 is 2.10 bits per heavy atom. The molecule has 2 heterocycles. The molecular weight excluding hydrogens is 546 g/mol. The number of imide groups is 1. The predicted octanol–water partition coefficient (Wildman–Crippen LogP) is 0.180. The first-order chi connectivity index (χ1) is 19.3. The number of hydrogen-bond acceptors (Lipinski definition) is 12. The second-order valence-corrected chi connectivity index (χ2v) is 10.7. The van der Waals surface area contributed by atoms with Gasteiger partial charge in [0.2, 0.25) is 11.8 Å². The normalized spacial score (nSPS) is 16.4. The Balaban J connectivity index is 1.45. The van der Waals surface area contributed by atoms with Crippen molar-refractivity contribution in [1.29, 1.82) is 0 Å². The maximum absolute atomic E-state index is 12.6. The summed E-state index contributed by atoms with van der Waals surface area (Å²) in [6.45, 7) is 9.96. The van der Waals surface area contributed by atoms with Gasteiger partial charge in [0, 0.05) is 18.8 Å². The summed E-state index contributed by atoms with van der Waals surface area (Å²) in [6.07, 6.45) is 2.72. The molecule has 1 fully saturated rings. The van der Waals surface area contributed by atoms with Crippen molar-refractivity contribution in [3.63, 3.8) is 0 Å². The summed E-state index contributed by atoms with van der Waals surface area (Å²) in [4.78, 5) is 36.8. The van der Waals surface area contributed by atoms with Gasteiger partial charge >= 0.3 is 5.97 Å². The van der Waals surface area contributed by atoms with Crippen molar-refractivity contribution in [3.05, 3.63) is 11.9 Å². The number of aromatic nitrogens is 3. The monoisotopic (exact) mass is 589 g/mol. The van der Waals surface area contributed by atoms with Crippen LogP contribution in [0.5, 0.6) is 0 Å². The van der Waals surface area contributed by atoms with Gasteiger partial charge in [-0.15, -0.1) is 16.9 Å². The Morgan fingerprint density at radius 2 is 1.55 bits per heavy atom. The summed E-state index contributed by atoms with van der Waals surface area (Å²) in [5.41, 5.74) is 5.95. The molecule has 2 rings (SSSR count). The van der Waals surface area contributed by atoms with Crippen LogP contribution in [0.3, 0.4) is 0 Å². The molecule has 0 spiro atoms. The number of nitrogens with two attached hydrogens (primary N) is 1. The number of rotatable bonds is 24. The summed E-state index contributed by atoms with van der Waals surface area (Å²) < 4.78 is 29.0. The number of thioether (sulfide) groups is 1. The summed E-state index contributed by atoms with van der Waals surface area (Å²) in [5, 5.41) is 16.3. The second-order valence-electron chi connectivity index (χ2n) is 9.51. The van der Waals surface area contributed by atoms with Gasteiger partial charge in [-0.3, -0.25) is 19.3 Å². The molecule has 1 aliphatic heterocycles. The lowest BCUT2D eigenvalue weighted by molar-refractivity contribution is -0.139. The van der Waals surface area contributed by atoms with E-state index in [0.717, 1.165) is 29.7 Å². The largest absolute Gasteiger partial charge is 0.480 e. The highest BCUT2D eigenvalue weighted by Crippen LogP contribution is 2.26. The Hall–Kier alpha value is -2.14. The van der Waals surface area contributed by atoms with Crippen LogP contribution in [0.4, 0.5) is 0 Å². The first-order valence-corrected chi connectivity index (χ1v) is 14.5. The van der Waals surface area contributed by atoms with E-state index in [2.05, 4.69) is 24.2 Å². The number of ether oxygens (including phenoxy) is 5. The van der Waals surface area contributed by atoms with Gasteiger partial charge in [0.15, 0.2) is 0 Å². The van der Waals surface area contributed by atoms with Crippen LogP contribution in [0.2, 0.25) is 0 Å². The maximum Gasteiger partial charge on any atom is 0.321 e. The van der Waals surface area contributed by atoms with Crippen LogP contribution >= 0.6 is 11.8 Å². The van der Waals surface area contributed by atoms with Gasteiger partial charge in [-0.05, 0) is 12.3 Å². The van der Waals surface area contributed by atoms with Gasteiger partial charge in [0.1, 0.15) is 11.7 Å². The molecule has 2 unspecified atom stereocenters. The van der Waals surface area contributed by atoms with Gasteiger partial charge in [-0.1, -0.05) is 19.1 Å². The Labute approximate surface area is 239 Å². The van der Waals surface area contributed by atoms with Crippen molar-refractivity contribution in [2.45, 2.75) is 51.1 Å². The third kappa shape index (κ3) is 14.0. The van der Waals surface area contributed by atoms with Crippen molar-refractivity contribution < 1.29 is 43.2 Å². The number of nitrogens with zero attached hydrogens (tertiary/aromatic N) is 4. The van der Waals surface area contributed by atoms with Crippen LogP contribution in [0.15, 0.2) is 6.20 Å². The van der Waals surface area contributed by atoms with Gasteiger partial charge in [-0.2, -0.15) is 0 Å². The molecular formula is C25H43N5O9S. The van der Waals surface area contributed by atoms with Crippen LogP contribution in [-0.2, 0) is 51.2 Å². The molecule has 1 saturated heterocycles. The Kier molecular flexibility index (Phi) is 16.9. The van der Waals surface area contributed by atoms with E-state index in [0.29, 0.717) is 77.6 Å². The van der Waals surface area contributed by atoms with E-state index in [1.807, 2.05) is 0 Å². The number of aliphatic carboxylic acids is 1. The zero-order valence-corrected chi connectivity index (χ0v) is 24.2. The Morgan fingerprint density at radius 1 is 1.00 bits per heavy atom. The molecule has 0 radical (unpaired) electrons. The minimum Gasteiger partial charge on any atom is -0.480 e. The van der Waals surface area contributed by atoms with Crippen molar-refractivity contribution in [3.8, 4) is 0 Å². The minimum absolute atomic E-state index is 0.00897. The van der Waals surface area contributed by atoms with Crippen molar-refractivity contribution in [2.75, 3.05) is 71.8 Å².